The molecule has 0 aliphatic heterocycles. The molecule has 0 atom stereocenters. The number of thiophene rings is 2. The number of benzene rings is 4. The molecule has 0 radical (unpaired) electrons. The Hall–Kier alpha value is -5.56. The van der Waals surface area contributed by atoms with E-state index in [0.717, 1.165) is 75.9 Å². The van der Waals surface area contributed by atoms with Crippen LogP contribution in [0, 0.1) is 13.8 Å². The van der Waals surface area contributed by atoms with E-state index in [0.29, 0.717) is 0 Å². The molecular weight excluding hydrogens is 661 g/mol. The van der Waals surface area contributed by atoms with Gasteiger partial charge in [-0.1, -0.05) is 121 Å². The second kappa shape index (κ2) is 13.3. The van der Waals surface area contributed by atoms with Gasteiger partial charge in [-0.25, -0.2) is 9.97 Å². The van der Waals surface area contributed by atoms with Crippen molar-refractivity contribution >= 4 is 33.8 Å². The highest BCUT2D eigenvalue weighted by atomic mass is 32.1. The first-order valence-corrected chi connectivity index (χ1v) is 19.1. The molecule has 4 heterocycles. The largest absolute Gasteiger partial charge is 0.337 e. The molecule has 0 unspecified atom stereocenters. The average Bonchev–Trinajstić information content (AvgIpc) is 4.03. The Morgan fingerprint density at radius 3 is 1.20 bits per heavy atom. The molecule has 0 saturated carbocycles. The Labute approximate surface area is 306 Å². The molecule has 0 fully saturated rings. The van der Waals surface area contributed by atoms with Crippen molar-refractivity contribution in [1.29, 1.82) is 0 Å². The Bertz CT molecular complexity index is 2210. The van der Waals surface area contributed by atoms with Gasteiger partial charge in [-0.05, 0) is 67.5 Å². The van der Waals surface area contributed by atoms with Crippen molar-refractivity contribution < 1.29 is 0 Å². The predicted octanol–water partition coefficient (Wildman–Crippen LogP) is 13.0. The number of aromatic amines is 2. The van der Waals surface area contributed by atoms with E-state index >= 15 is 0 Å². The van der Waals surface area contributed by atoms with Gasteiger partial charge in [-0.15, -0.1) is 22.7 Å². The number of aryl methyl sites for hydroxylation is 2. The monoisotopic (exact) mass is 696 g/mol. The van der Waals surface area contributed by atoms with Crippen LogP contribution < -0.4 is 0 Å². The maximum atomic E-state index is 5.22. The zero-order valence-electron chi connectivity index (χ0n) is 28.5. The molecule has 4 aromatic heterocycles. The van der Waals surface area contributed by atoms with E-state index in [-0.39, 0.29) is 0 Å². The maximum Gasteiger partial charge on any atom is 0.148 e. The molecule has 0 spiro atoms. The third-order valence-electron chi connectivity index (χ3n) is 9.80. The zero-order valence-corrected chi connectivity index (χ0v) is 30.2. The Morgan fingerprint density at radius 1 is 0.471 bits per heavy atom. The van der Waals surface area contributed by atoms with Crippen molar-refractivity contribution in [2.45, 2.75) is 33.1 Å². The van der Waals surface area contributed by atoms with Crippen molar-refractivity contribution in [1.82, 2.24) is 19.9 Å². The SMILES string of the molecule is Cc1sc(-c2nc(-c3ccccc3)c(-c3ccccc3)[nH]2)cc1C1=C(c2cc(-c3nc(-c4ccccc4)c(-c4ccccc4)[nH]3)sc2C)CCC1. The summed E-state index contributed by atoms with van der Waals surface area (Å²) < 4.78 is 0. The fraction of sp³-hybridized carbons (Fsp3) is 0.111. The highest BCUT2D eigenvalue weighted by Gasteiger charge is 2.26. The van der Waals surface area contributed by atoms with Crippen LogP contribution in [0.2, 0.25) is 0 Å². The fourth-order valence-electron chi connectivity index (χ4n) is 7.35. The standard InChI is InChI=1S/C45H36N4S2/c1-28-36(26-38(50-28)44-46-40(30-16-7-3-8-17-30)41(47-44)31-18-9-4-10-19-31)34-24-15-25-35(34)37-27-39(51-29(37)2)45-48-42(32-20-11-5-12-21-32)43(49-45)33-22-13-6-14-23-33/h3-14,16-23,26-27H,15,24-25H2,1-2H3,(H,46,47)(H,48,49). The first kappa shape index (κ1) is 31.4. The number of nitrogens with one attached hydrogen (secondary N) is 2. The van der Waals surface area contributed by atoms with Gasteiger partial charge in [0, 0.05) is 32.0 Å². The summed E-state index contributed by atoms with van der Waals surface area (Å²) in [6, 6.07) is 46.7. The first-order chi connectivity index (χ1) is 25.1. The third-order valence-corrected chi connectivity index (χ3v) is 11.9. The highest BCUT2D eigenvalue weighted by Crippen LogP contribution is 2.48. The van der Waals surface area contributed by atoms with E-state index in [1.54, 1.807) is 0 Å². The van der Waals surface area contributed by atoms with Crippen molar-refractivity contribution in [2.24, 2.45) is 0 Å². The second-order valence-corrected chi connectivity index (χ2v) is 15.6. The number of rotatable bonds is 8. The van der Waals surface area contributed by atoms with Gasteiger partial charge in [0.2, 0.25) is 0 Å². The van der Waals surface area contributed by atoms with Crippen LogP contribution in [0.4, 0.5) is 0 Å². The summed E-state index contributed by atoms with van der Waals surface area (Å²) in [5.41, 5.74) is 14.2. The van der Waals surface area contributed by atoms with Gasteiger partial charge < -0.3 is 9.97 Å². The van der Waals surface area contributed by atoms with Crippen molar-refractivity contribution in [3.8, 4) is 66.4 Å². The fourth-order valence-corrected chi connectivity index (χ4v) is 9.34. The lowest BCUT2D eigenvalue weighted by molar-refractivity contribution is 0.941. The molecule has 0 bridgehead atoms. The summed E-state index contributed by atoms with van der Waals surface area (Å²) in [7, 11) is 0. The number of nitrogens with zero attached hydrogens (tertiary/aromatic N) is 2. The summed E-state index contributed by atoms with van der Waals surface area (Å²) in [6.07, 6.45) is 3.32. The third kappa shape index (κ3) is 5.90. The van der Waals surface area contributed by atoms with Crippen LogP contribution in [0.15, 0.2) is 133 Å². The molecule has 0 saturated heterocycles. The van der Waals surface area contributed by atoms with Gasteiger partial charge in [-0.3, -0.25) is 0 Å². The second-order valence-electron chi connectivity index (χ2n) is 13.1. The number of hydrogen-bond acceptors (Lipinski definition) is 4. The molecule has 9 rings (SSSR count). The maximum absolute atomic E-state index is 5.22. The number of hydrogen-bond donors (Lipinski definition) is 2. The summed E-state index contributed by atoms with van der Waals surface area (Å²) in [6.45, 7) is 4.52. The molecule has 6 heteroatoms. The molecule has 51 heavy (non-hydrogen) atoms. The average molecular weight is 697 g/mol. The Kier molecular flexibility index (Phi) is 8.19. The lowest BCUT2D eigenvalue weighted by Gasteiger charge is -2.07. The number of imidazole rings is 2. The summed E-state index contributed by atoms with van der Waals surface area (Å²) in [5.74, 6) is 1.84. The molecular formula is C45H36N4S2. The van der Waals surface area contributed by atoms with E-state index in [9.17, 15) is 0 Å². The summed E-state index contributed by atoms with van der Waals surface area (Å²) >= 11 is 3.66. The lowest BCUT2D eigenvalue weighted by atomic mass is 9.97. The minimum Gasteiger partial charge on any atom is -0.337 e. The zero-order chi connectivity index (χ0) is 34.3. The van der Waals surface area contributed by atoms with Crippen LogP contribution in [0.3, 0.4) is 0 Å². The van der Waals surface area contributed by atoms with E-state index < -0.39 is 0 Å². The van der Waals surface area contributed by atoms with E-state index in [1.165, 1.54) is 41.8 Å². The van der Waals surface area contributed by atoms with Crippen LogP contribution in [-0.2, 0) is 0 Å². The van der Waals surface area contributed by atoms with Crippen LogP contribution in [0.25, 0.3) is 77.6 Å². The minimum absolute atomic E-state index is 0.919. The topological polar surface area (TPSA) is 57.4 Å². The van der Waals surface area contributed by atoms with Gasteiger partial charge in [0.1, 0.15) is 11.6 Å². The lowest BCUT2D eigenvalue weighted by Crippen LogP contribution is -1.86. The summed E-state index contributed by atoms with van der Waals surface area (Å²) in [4.78, 5) is 22.9. The quantitative estimate of drug-likeness (QED) is 0.166. The van der Waals surface area contributed by atoms with Crippen LogP contribution in [0.1, 0.15) is 40.1 Å². The van der Waals surface area contributed by atoms with Gasteiger partial charge in [0.15, 0.2) is 0 Å². The normalized spacial score (nSPS) is 13.0. The van der Waals surface area contributed by atoms with Crippen LogP contribution in [0.5, 0.6) is 0 Å². The Balaban J connectivity index is 1.10. The van der Waals surface area contributed by atoms with Crippen molar-refractivity contribution in [3.05, 3.63) is 154 Å². The van der Waals surface area contributed by atoms with Gasteiger partial charge in [-0.2, -0.15) is 0 Å². The first-order valence-electron chi connectivity index (χ1n) is 17.5. The van der Waals surface area contributed by atoms with E-state index in [1.807, 2.05) is 22.7 Å². The van der Waals surface area contributed by atoms with Crippen molar-refractivity contribution in [2.75, 3.05) is 0 Å². The molecule has 8 aromatic rings. The summed E-state index contributed by atoms with van der Waals surface area (Å²) in [5, 5.41) is 0. The van der Waals surface area contributed by atoms with Gasteiger partial charge >= 0.3 is 0 Å². The number of H-pyrrole nitrogens is 2. The Morgan fingerprint density at radius 2 is 0.824 bits per heavy atom. The molecule has 0 amide bonds. The highest BCUT2D eigenvalue weighted by molar-refractivity contribution is 7.16. The number of allylic oxidation sites excluding steroid dienone is 2. The van der Waals surface area contributed by atoms with E-state index in [4.69, 9.17) is 9.97 Å². The molecule has 4 nitrogen and oxygen atoms in total. The van der Waals surface area contributed by atoms with Crippen LogP contribution >= 0.6 is 22.7 Å². The van der Waals surface area contributed by atoms with E-state index in [2.05, 4.69) is 157 Å². The van der Waals surface area contributed by atoms with Crippen LogP contribution in [-0.4, -0.2) is 19.9 Å². The molecule has 4 aromatic carbocycles. The molecule has 248 valence electrons. The predicted molar refractivity (Wildman–Crippen MR) is 216 cm³/mol. The molecule has 1 aliphatic rings. The molecule has 1 aliphatic carbocycles. The van der Waals surface area contributed by atoms with Crippen molar-refractivity contribution in [3.63, 3.8) is 0 Å². The van der Waals surface area contributed by atoms with Gasteiger partial charge in [0.05, 0.1) is 32.5 Å². The smallest absolute Gasteiger partial charge is 0.148 e. The molecule has 2 N–H and O–H groups in total. The number of aromatic nitrogens is 4. The minimum atomic E-state index is 0.919. The van der Waals surface area contributed by atoms with Gasteiger partial charge in [0.25, 0.3) is 0 Å².